The molecule has 2 aliphatic rings. The van der Waals surface area contributed by atoms with E-state index in [2.05, 4.69) is 5.32 Å². The Morgan fingerprint density at radius 3 is 2.64 bits per heavy atom. The summed E-state index contributed by atoms with van der Waals surface area (Å²) in [5.74, 6) is -0.0889. The Morgan fingerprint density at radius 2 is 2.00 bits per heavy atom. The molecule has 1 amide bonds. The largest absolute Gasteiger partial charge is 0.388 e. The van der Waals surface area contributed by atoms with Gasteiger partial charge in [0.2, 0.25) is 5.91 Å². The zero-order valence-corrected chi connectivity index (χ0v) is 14.5. The molecule has 2 saturated heterocycles. The maximum atomic E-state index is 13.0. The van der Waals surface area contributed by atoms with Gasteiger partial charge in [-0.3, -0.25) is 4.79 Å². The summed E-state index contributed by atoms with van der Waals surface area (Å²) in [5.41, 5.74) is 0.740. The van der Waals surface area contributed by atoms with Gasteiger partial charge in [0.1, 0.15) is 5.82 Å². The molecular weight excluding hydrogens is 323 g/mol. The van der Waals surface area contributed by atoms with E-state index < -0.39 is 6.10 Å². The van der Waals surface area contributed by atoms with Crippen LogP contribution in [0, 0.1) is 11.7 Å². The van der Waals surface area contributed by atoms with Crippen molar-refractivity contribution in [2.45, 2.75) is 37.9 Å². The molecule has 2 heterocycles. The third-order valence-electron chi connectivity index (χ3n) is 5.22. The Morgan fingerprint density at radius 1 is 1.28 bits per heavy atom. The maximum Gasteiger partial charge on any atom is 0.236 e. The molecule has 2 atom stereocenters. The molecule has 25 heavy (non-hydrogen) atoms. The summed E-state index contributed by atoms with van der Waals surface area (Å²) in [7, 11) is 0. The van der Waals surface area contributed by atoms with Crippen LogP contribution in [0.25, 0.3) is 0 Å². The first kappa shape index (κ1) is 18.3. The SMILES string of the molecule is O=C(CNC[C@@H]1CCCO1)N1CCC([C@@H](O)c2ccc(F)cc2)CC1. The van der Waals surface area contributed by atoms with Crippen LogP contribution < -0.4 is 5.32 Å². The molecule has 6 heteroatoms. The van der Waals surface area contributed by atoms with Crippen LogP contribution in [0.2, 0.25) is 0 Å². The second-order valence-electron chi connectivity index (χ2n) is 6.98. The number of aliphatic hydroxyl groups is 1. The summed E-state index contributed by atoms with van der Waals surface area (Å²) in [5, 5.41) is 13.7. The predicted molar refractivity (Wildman–Crippen MR) is 92.5 cm³/mol. The van der Waals surface area contributed by atoms with Gasteiger partial charge in [0.15, 0.2) is 0 Å². The zero-order valence-electron chi connectivity index (χ0n) is 14.5. The fourth-order valence-corrected chi connectivity index (χ4v) is 3.65. The van der Waals surface area contributed by atoms with Crippen LogP contribution >= 0.6 is 0 Å². The number of hydrogen-bond donors (Lipinski definition) is 2. The highest BCUT2D eigenvalue weighted by atomic mass is 19.1. The zero-order chi connectivity index (χ0) is 17.6. The molecule has 1 aromatic carbocycles. The number of hydrogen-bond acceptors (Lipinski definition) is 4. The first-order valence-electron chi connectivity index (χ1n) is 9.17. The minimum absolute atomic E-state index is 0.104. The standard InChI is InChI=1S/C19H27FN2O3/c20-16-5-3-14(4-6-16)19(24)15-7-9-22(10-8-15)18(23)13-21-12-17-2-1-11-25-17/h3-6,15,17,19,21,24H,1-2,7-13H2/t17-,19-/m0/s1. The monoisotopic (exact) mass is 350 g/mol. The second kappa shape index (κ2) is 8.74. The van der Waals surface area contributed by atoms with Crippen molar-refractivity contribution in [3.05, 3.63) is 35.6 Å². The van der Waals surface area contributed by atoms with Gasteiger partial charge in [-0.1, -0.05) is 12.1 Å². The fraction of sp³-hybridized carbons (Fsp3) is 0.632. The highest BCUT2D eigenvalue weighted by molar-refractivity contribution is 5.78. The van der Waals surface area contributed by atoms with Gasteiger partial charge >= 0.3 is 0 Å². The third kappa shape index (κ3) is 5.00. The van der Waals surface area contributed by atoms with Gasteiger partial charge in [-0.05, 0) is 49.3 Å². The van der Waals surface area contributed by atoms with Crippen molar-refractivity contribution >= 4 is 5.91 Å². The van der Waals surface area contributed by atoms with Crippen molar-refractivity contribution in [1.82, 2.24) is 10.2 Å². The van der Waals surface area contributed by atoms with E-state index in [0.29, 0.717) is 19.6 Å². The average molecular weight is 350 g/mol. The van der Waals surface area contributed by atoms with Crippen molar-refractivity contribution < 1.29 is 19.0 Å². The lowest BCUT2D eigenvalue weighted by Crippen LogP contribution is -2.44. The van der Waals surface area contributed by atoms with Gasteiger partial charge in [-0.15, -0.1) is 0 Å². The summed E-state index contributed by atoms with van der Waals surface area (Å²) < 4.78 is 18.5. The molecule has 0 aromatic heterocycles. The molecule has 0 saturated carbocycles. The van der Waals surface area contributed by atoms with Crippen molar-refractivity contribution in [2.24, 2.45) is 5.92 Å². The second-order valence-corrected chi connectivity index (χ2v) is 6.98. The first-order valence-corrected chi connectivity index (χ1v) is 9.17. The third-order valence-corrected chi connectivity index (χ3v) is 5.22. The summed E-state index contributed by atoms with van der Waals surface area (Å²) >= 11 is 0. The lowest BCUT2D eigenvalue weighted by atomic mass is 9.87. The van der Waals surface area contributed by atoms with Crippen LogP contribution in [0.3, 0.4) is 0 Å². The number of nitrogens with one attached hydrogen (secondary N) is 1. The highest BCUT2D eigenvalue weighted by Crippen LogP contribution is 2.30. The van der Waals surface area contributed by atoms with Gasteiger partial charge in [-0.2, -0.15) is 0 Å². The van der Waals surface area contributed by atoms with Crippen molar-refractivity contribution in [3.8, 4) is 0 Å². The molecule has 2 aliphatic heterocycles. The summed E-state index contributed by atoms with van der Waals surface area (Å²) in [4.78, 5) is 14.1. The Kier molecular flexibility index (Phi) is 6.39. The summed E-state index contributed by atoms with van der Waals surface area (Å²) in [6.45, 7) is 3.20. The normalized spacial score (nSPS) is 23.0. The van der Waals surface area contributed by atoms with Crippen LogP contribution in [0.15, 0.2) is 24.3 Å². The van der Waals surface area contributed by atoms with E-state index in [1.165, 1.54) is 12.1 Å². The van der Waals surface area contributed by atoms with Crippen molar-refractivity contribution in [2.75, 3.05) is 32.8 Å². The number of aliphatic hydroxyl groups excluding tert-OH is 1. The lowest BCUT2D eigenvalue weighted by Gasteiger charge is -2.34. The van der Waals surface area contributed by atoms with E-state index in [9.17, 15) is 14.3 Å². The van der Waals surface area contributed by atoms with E-state index in [4.69, 9.17) is 4.74 Å². The summed E-state index contributed by atoms with van der Waals surface area (Å²) in [6, 6.07) is 6.01. The van der Waals surface area contributed by atoms with Gasteiger partial charge < -0.3 is 20.1 Å². The Bertz CT molecular complexity index is 552. The van der Waals surface area contributed by atoms with Gasteiger partial charge in [0.25, 0.3) is 0 Å². The van der Waals surface area contributed by atoms with Gasteiger partial charge in [0.05, 0.1) is 18.8 Å². The van der Waals surface area contributed by atoms with Crippen LogP contribution in [0.4, 0.5) is 4.39 Å². The van der Waals surface area contributed by atoms with Crippen molar-refractivity contribution in [1.29, 1.82) is 0 Å². The number of piperidine rings is 1. The van der Waals surface area contributed by atoms with Crippen LogP contribution in [0.1, 0.15) is 37.4 Å². The molecule has 0 spiro atoms. The van der Waals surface area contributed by atoms with Crippen molar-refractivity contribution in [3.63, 3.8) is 0 Å². The minimum atomic E-state index is -0.601. The molecule has 0 bridgehead atoms. The number of carbonyl (C=O) groups excluding carboxylic acids is 1. The highest BCUT2D eigenvalue weighted by Gasteiger charge is 2.28. The lowest BCUT2D eigenvalue weighted by molar-refractivity contribution is -0.132. The Balaban J connectivity index is 1.40. The number of carbonyl (C=O) groups is 1. The molecule has 0 radical (unpaired) electrons. The number of benzene rings is 1. The quantitative estimate of drug-likeness (QED) is 0.822. The van der Waals surface area contributed by atoms with Crippen LogP contribution in [0.5, 0.6) is 0 Å². The Hall–Kier alpha value is -1.50. The van der Waals surface area contributed by atoms with E-state index in [0.717, 1.165) is 44.4 Å². The maximum absolute atomic E-state index is 13.0. The number of ether oxygens (including phenoxy) is 1. The number of halogens is 1. The molecule has 0 unspecified atom stereocenters. The number of rotatable bonds is 6. The van der Waals surface area contributed by atoms with E-state index >= 15 is 0 Å². The Labute approximate surface area is 148 Å². The molecule has 0 aliphatic carbocycles. The summed E-state index contributed by atoms with van der Waals surface area (Å²) in [6.07, 6.45) is 3.32. The molecule has 3 rings (SSSR count). The molecular formula is C19H27FN2O3. The first-order chi connectivity index (χ1) is 12.1. The number of amides is 1. The smallest absolute Gasteiger partial charge is 0.236 e. The number of likely N-dealkylation sites (tertiary alicyclic amines) is 1. The molecule has 1 aromatic rings. The molecule has 2 N–H and O–H groups in total. The van der Waals surface area contributed by atoms with Gasteiger partial charge in [-0.25, -0.2) is 4.39 Å². The van der Waals surface area contributed by atoms with E-state index in [1.807, 2.05) is 4.90 Å². The topological polar surface area (TPSA) is 61.8 Å². The van der Waals surface area contributed by atoms with Gasteiger partial charge in [0, 0.05) is 26.2 Å². The molecule has 5 nitrogen and oxygen atoms in total. The van der Waals surface area contributed by atoms with E-state index in [-0.39, 0.29) is 23.7 Å². The minimum Gasteiger partial charge on any atom is -0.388 e. The van der Waals surface area contributed by atoms with E-state index in [1.54, 1.807) is 12.1 Å². The molecule has 2 fully saturated rings. The molecule has 138 valence electrons. The fourth-order valence-electron chi connectivity index (χ4n) is 3.65. The predicted octanol–water partition coefficient (Wildman–Crippen LogP) is 1.87. The number of nitrogens with zero attached hydrogens (tertiary/aromatic N) is 1. The van der Waals surface area contributed by atoms with Crippen LogP contribution in [-0.2, 0) is 9.53 Å². The average Bonchev–Trinajstić information content (AvgIpc) is 3.15. The van der Waals surface area contributed by atoms with Crippen LogP contribution in [-0.4, -0.2) is 54.8 Å².